The Labute approximate surface area is 198 Å². The van der Waals surface area contributed by atoms with Crippen molar-refractivity contribution in [3.05, 3.63) is 77.2 Å². The maximum absolute atomic E-state index is 11.9. The summed E-state index contributed by atoms with van der Waals surface area (Å²) in [5.74, 6) is -0.129. The summed E-state index contributed by atoms with van der Waals surface area (Å²) in [6, 6.07) is 17.4. The lowest BCUT2D eigenvalue weighted by Crippen LogP contribution is -2.32. The number of hydrogen-bond donors (Lipinski definition) is 0. The van der Waals surface area contributed by atoms with Gasteiger partial charge < -0.3 is 19.0 Å². The van der Waals surface area contributed by atoms with Gasteiger partial charge in [0.1, 0.15) is 18.2 Å². The van der Waals surface area contributed by atoms with Gasteiger partial charge in [-0.2, -0.15) is 0 Å². The Kier molecular flexibility index (Phi) is 10.2. The van der Waals surface area contributed by atoms with Gasteiger partial charge in [0.15, 0.2) is 0 Å². The molecule has 0 aromatic heterocycles. The van der Waals surface area contributed by atoms with Crippen LogP contribution in [0.4, 0.5) is 0 Å². The van der Waals surface area contributed by atoms with Crippen molar-refractivity contribution in [2.45, 2.75) is 45.8 Å². The molecule has 7 heteroatoms. The minimum atomic E-state index is -1.52. The molecule has 0 aliphatic rings. The van der Waals surface area contributed by atoms with E-state index in [1.807, 2.05) is 38.1 Å². The number of aryl methyl sites for hydroxylation is 2. The van der Waals surface area contributed by atoms with E-state index >= 15 is 0 Å². The summed E-state index contributed by atoms with van der Waals surface area (Å²) in [7, 11) is 1.21. The van der Waals surface area contributed by atoms with Crippen molar-refractivity contribution >= 4 is 19.8 Å². The fraction of sp³-hybridized carbons (Fsp3) is 0.385. The van der Waals surface area contributed by atoms with Gasteiger partial charge >= 0.3 is 5.97 Å². The predicted molar refractivity (Wildman–Crippen MR) is 134 cm³/mol. The van der Waals surface area contributed by atoms with Crippen molar-refractivity contribution in [2.75, 3.05) is 20.4 Å². The summed E-state index contributed by atoms with van der Waals surface area (Å²) in [6.07, 6.45) is 4.13. The number of benzene rings is 2. The predicted octanol–water partition coefficient (Wildman–Crippen LogP) is 5.66. The van der Waals surface area contributed by atoms with Crippen LogP contribution >= 0.6 is 0 Å². The van der Waals surface area contributed by atoms with Crippen molar-refractivity contribution < 1.29 is 23.8 Å². The van der Waals surface area contributed by atoms with Crippen LogP contribution in [-0.4, -0.2) is 40.2 Å². The molecule has 6 nitrogen and oxygen atoms in total. The first-order chi connectivity index (χ1) is 15.8. The Morgan fingerprint density at radius 2 is 1.82 bits per heavy atom. The number of carbonyl (C=O) groups excluding carboxylic acids is 1. The zero-order valence-corrected chi connectivity index (χ0v) is 21.5. The Balaban J connectivity index is 1.97. The maximum Gasteiger partial charge on any atom is 0.377 e. The van der Waals surface area contributed by atoms with Crippen molar-refractivity contribution in [1.82, 2.24) is 0 Å². The molecule has 2 aromatic carbocycles. The summed E-state index contributed by atoms with van der Waals surface area (Å²) < 4.78 is 15.4. The Hall–Kier alpha value is -3.06. The average Bonchev–Trinajstić information content (AvgIpc) is 2.80. The molecule has 0 aliphatic heterocycles. The quantitative estimate of drug-likeness (QED) is 0.100. The van der Waals surface area contributed by atoms with Gasteiger partial charge in [-0.25, -0.2) is 4.79 Å². The fourth-order valence-corrected chi connectivity index (χ4v) is 4.91. The normalized spacial score (nSPS) is 12.3. The highest BCUT2D eigenvalue weighted by Gasteiger charge is 2.22. The van der Waals surface area contributed by atoms with Gasteiger partial charge in [0.05, 0.1) is 28.0 Å². The minimum Gasteiger partial charge on any atom is -0.500 e. The third kappa shape index (κ3) is 8.77. The molecular weight excluding hydrogens is 434 g/mol. The molecule has 0 bridgehead atoms. The smallest absolute Gasteiger partial charge is 0.377 e. The highest BCUT2D eigenvalue weighted by molar-refractivity contribution is 6.77. The molecule has 178 valence electrons. The summed E-state index contributed by atoms with van der Waals surface area (Å²) >= 11 is 0. The second-order valence-corrected chi connectivity index (χ2v) is 13.9. The number of rotatable bonds is 12. The van der Waals surface area contributed by atoms with Crippen LogP contribution < -0.4 is 4.74 Å². The highest BCUT2D eigenvalue weighted by Crippen LogP contribution is 2.23. The Morgan fingerprint density at radius 3 is 2.48 bits per heavy atom. The second kappa shape index (κ2) is 12.8. The molecule has 0 heterocycles. The fourth-order valence-electron chi connectivity index (χ4n) is 3.22. The summed E-state index contributed by atoms with van der Waals surface area (Å²) in [5.41, 5.74) is 3.83. The molecule has 0 spiro atoms. The molecule has 0 aliphatic carbocycles. The number of nitrogens with zero attached hydrogens (tertiary/aromatic N) is 1. The molecule has 0 atom stereocenters. The minimum absolute atomic E-state index is 0.0330. The van der Waals surface area contributed by atoms with E-state index in [-0.39, 0.29) is 5.76 Å². The van der Waals surface area contributed by atoms with Crippen LogP contribution in [0.3, 0.4) is 0 Å². The summed E-state index contributed by atoms with van der Waals surface area (Å²) in [6.45, 7) is 8.45. The topological polar surface area (TPSA) is 66.3 Å². The summed E-state index contributed by atoms with van der Waals surface area (Å²) in [5, 5.41) is 4.35. The van der Waals surface area contributed by atoms with Crippen molar-refractivity contribution in [2.24, 2.45) is 5.16 Å². The van der Waals surface area contributed by atoms with Crippen LogP contribution in [0, 0.1) is 6.92 Å². The number of ether oxygens (including phenoxy) is 3. The van der Waals surface area contributed by atoms with Crippen molar-refractivity contribution in [3.8, 4) is 5.75 Å². The highest BCUT2D eigenvalue weighted by atomic mass is 28.3. The van der Waals surface area contributed by atoms with E-state index in [1.54, 1.807) is 0 Å². The molecule has 0 radical (unpaired) electrons. The van der Waals surface area contributed by atoms with E-state index in [9.17, 15) is 4.79 Å². The lowest BCUT2D eigenvalue weighted by molar-refractivity contribution is -0.138. The number of esters is 1. The Bertz CT molecular complexity index is 970. The number of methoxy groups -OCH3 is 2. The second-order valence-electron chi connectivity index (χ2n) is 8.75. The number of oxime groups is 1. The van der Waals surface area contributed by atoms with E-state index in [2.05, 4.69) is 42.5 Å². The van der Waals surface area contributed by atoms with Crippen molar-refractivity contribution in [1.29, 1.82) is 0 Å². The molecular formula is C26H35NO5Si. The molecule has 0 N–H and O–H groups in total. The van der Waals surface area contributed by atoms with Gasteiger partial charge in [-0.1, -0.05) is 73.2 Å². The van der Waals surface area contributed by atoms with Gasteiger partial charge in [0, 0.05) is 5.56 Å². The monoisotopic (exact) mass is 469 g/mol. The molecule has 2 rings (SSSR count). The van der Waals surface area contributed by atoms with Gasteiger partial charge in [-0.05, 0) is 37.5 Å². The van der Waals surface area contributed by atoms with Crippen LogP contribution in [0.5, 0.6) is 5.75 Å². The average molecular weight is 470 g/mol. The standard InChI is InChI=1S/C26H35NO5Si/c1-20-14-15-23(17-24(20)32-25(18-29-3)26(28)30-4)21(2)27-31-19-33(5,6)16-10-13-22-11-8-7-9-12-22/h7-9,11-12,14-15,17-18H,10,13,16,19H2,1-6H3. The molecule has 0 unspecified atom stereocenters. The zero-order chi connectivity index (χ0) is 24.3. The maximum atomic E-state index is 11.9. The lowest BCUT2D eigenvalue weighted by atomic mass is 10.1. The van der Waals surface area contributed by atoms with Crippen LogP contribution in [-0.2, 0) is 25.5 Å². The van der Waals surface area contributed by atoms with E-state index in [0.29, 0.717) is 12.0 Å². The third-order valence-corrected chi connectivity index (χ3v) is 7.87. The Morgan fingerprint density at radius 1 is 1.09 bits per heavy atom. The van der Waals surface area contributed by atoms with Crippen LogP contribution in [0.15, 0.2) is 65.7 Å². The van der Waals surface area contributed by atoms with Gasteiger partial charge in [-0.3, -0.25) is 0 Å². The van der Waals surface area contributed by atoms with Crippen LogP contribution in [0.2, 0.25) is 19.1 Å². The molecule has 33 heavy (non-hydrogen) atoms. The first-order valence-electron chi connectivity index (χ1n) is 11.1. The van der Waals surface area contributed by atoms with Crippen LogP contribution in [0.1, 0.15) is 30.0 Å². The van der Waals surface area contributed by atoms with Crippen molar-refractivity contribution in [3.63, 3.8) is 0 Å². The first-order valence-corrected chi connectivity index (χ1v) is 14.5. The van der Waals surface area contributed by atoms with Gasteiger partial charge in [0.25, 0.3) is 0 Å². The van der Waals surface area contributed by atoms with E-state index in [0.717, 1.165) is 29.7 Å². The molecule has 0 saturated carbocycles. The lowest BCUT2D eigenvalue weighted by Gasteiger charge is -2.20. The van der Waals surface area contributed by atoms with Gasteiger partial charge in [-0.15, -0.1) is 0 Å². The van der Waals surface area contributed by atoms with E-state index < -0.39 is 14.0 Å². The molecule has 0 saturated heterocycles. The van der Waals surface area contributed by atoms with Gasteiger partial charge in [0.2, 0.25) is 5.76 Å². The SMILES string of the molecule is COC=C(Oc1cc(C(C)=NOC[Si](C)(C)CCCc2ccccc2)ccc1C)C(=O)OC. The number of hydrogen-bond acceptors (Lipinski definition) is 6. The molecule has 0 fully saturated rings. The molecule has 0 amide bonds. The van der Waals surface area contributed by atoms with Crippen LogP contribution in [0.25, 0.3) is 0 Å². The largest absolute Gasteiger partial charge is 0.500 e. The summed E-state index contributed by atoms with van der Waals surface area (Å²) in [4.78, 5) is 17.7. The van der Waals surface area contributed by atoms with E-state index in [1.165, 1.54) is 32.1 Å². The first kappa shape index (κ1) is 26.2. The van der Waals surface area contributed by atoms with E-state index in [4.69, 9.17) is 19.0 Å². The molecule has 2 aromatic rings. The zero-order valence-electron chi connectivity index (χ0n) is 20.5. The third-order valence-electron chi connectivity index (χ3n) is 5.26. The number of carbonyl (C=O) groups is 1.